The van der Waals surface area contributed by atoms with Gasteiger partial charge in [-0.2, -0.15) is 0 Å². The fourth-order valence-corrected chi connectivity index (χ4v) is 2.69. The topological polar surface area (TPSA) is 51.2 Å². The van der Waals surface area contributed by atoms with Crippen molar-refractivity contribution in [2.75, 3.05) is 12.4 Å². The fraction of sp³-hybridized carbons (Fsp3) is 0.200. The summed E-state index contributed by atoms with van der Waals surface area (Å²) in [7, 11) is 1.38. The van der Waals surface area contributed by atoms with Gasteiger partial charge in [0.25, 0.3) is 0 Å². The van der Waals surface area contributed by atoms with Gasteiger partial charge >= 0.3 is 5.97 Å². The van der Waals surface area contributed by atoms with Gasteiger partial charge in [0.2, 0.25) is 0 Å². The lowest BCUT2D eigenvalue weighted by molar-refractivity contribution is 0.0601. The number of pyridine rings is 1. The molecule has 0 saturated carbocycles. The Bertz CT molecular complexity index is 886. The molecule has 1 heterocycles. The molecule has 0 saturated heterocycles. The van der Waals surface area contributed by atoms with Gasteiger partial charge in [-0.1, -0.05) is 19.1 Å². The summed E-state index contributed by atoms with van der Waals surface area (Å²) in [5, 5.41) is 4.32. The lowest BCUT2D eigenvalue weighted by atomic mass is 10.1. The van der Waals surface area contributed by atoms with Crippen LogP contribution in [0.15, 0.2) is 48.5 Å². The van der Waals surface area contributed by atoms with Crippen molar-refractivity contribution in [1.29, 1.82) is 0 Å². The van der Waals surface area contributed by atoms with Crippen molar-refractivity contribution >= 4 is 28.2 Å². The van der Waals surface area contributed by atoms with Gasteiger partial charge in [0, 0.05) is 22.5 Å². The normalized spacial score (nSPS) is 10.6. The SMILES string of the molecule is CCc1ccc(Nc2cc(C)nc3ccc(C(=O)OC)cc23)cc1. The molecule has 24 heavy (non-hydrogen) atoms. The lowest BCUT2D eigenvalue weighted by Gasteiger charge is -2.12. The van der Waals surface area contributed by atoms with Crippen LogP contribution >= 0.6 is 0 Å². The molecule has 3 aromatic rings. The van der Waals surface area contributed by atoms with E-state index in [-0.39, 0.29) is 5.97 Å². The van der Waals surface area contributed by atoms with E-state index >= 15 is 0 Å². The zero-order valence-electron chi connectivity index (χ0n) is 14.1. The first-order valence-corrected chi connectivity index (χ1v) is 7.96. The molecular weight excluding hydrogens is 300 g/mol. The smallest absolute Gasteiger partial charge is 0.337 e. The molecule has 0 atom stereocenters. The maximum atomic E-state index is 11.8. The van der Waals surface area contributed by atoms with Gasteiger partial charge in [-0.25, -0.2) is 4.79 Å². The Kier molecular flexibility index (Phi) is 4.47. The number of anilines is 2. The number of ether oxygens (including phenoxy) is 1. The van der Waals surface area contributed by atoms with Crippen molar-refractivity contribution in [2.45, 2.75) is 20.3 Å². The van der Waals surface area contributed by atoms with Gasteiger partial charge in [0.1, 0.15) is 0 Å². The first-order valence-electron chi connectivity index (χ1n) is 7.96. The zero-order chi connectivity index (χ0) is 17.1. The van der Waals surface area contributed by atoms with Crippen molar-refractivity contribution in [3.8, 4) is 0 Å². The van der Waals surface area contributed by atoms with Crippen LogP contribution in [-0.4, -0.2) is 18.1 Å². The number of fused-ring (bicyclic) bond motifs is 1. The summed E-state index contributed by atoms with van der Waals surface area (Å²) in [6.07, 6.45) is 1.01. The number of carbonyl (C=O) groups excluding carboxylic acids is 1. The summed E-state index contributed by atoms with van der Waals surface area (Å²) in [5.41, 5.74) is 5.50. The van der Waals surface area contributed by atoms with E-state index in [0.717, 1.165) is 34.4 Å². The largest absolute Gasteiger partial charge is 0.465 e. The van der Waals surface area contributed by atoms with Crippen LogP contribution in [0.2, 0.25) is 0 Å². The summed E-state index contributed by atoms with van der Waals surface area (Å²) < 4.78 is 4.81. The summed E-state index contributed by atoms with van der Waals surface area (Å²) in [4.78, 5) is 16.3. The minimum absolute atomic E-state index is 0.351. The number of hydrogen-bond acceptors (Lipinski definition) is 4. The number of esters is 1. The van der Waals surface area contributed by atoms with Crippen molar-refractivity contribution in [3.05, 3.63) is 65.4 Å². The molecular formula is C20H20N2O2. The highest BCUT2D eigenvalue weighted by Gasteiger charge is 2.10. The Labute approximate surface area is 141 Å². The molecule has 3 rings (SSSR count). The van der Waals surface area contributed by atoms with Crippen LogP contribution in [0.25, 0.3) is 10.9 Å². The number of aryl methyl sites for hydroxylation is 2. The molecule has 0 spiro atoms. The monoisotopic (exact) mass is 320 g/mol. The van der Waals surface area contributed by atoms with Crippen molar-refractivity contribution in [2.24, 2.45) is 0 Å². The van der Waals surface area contributed by atoms with E-state index < -0.39 is 0 Å². The Morgan fingerprint density at radius 1 is 1.12 bits per heavy atom. The number of hydrogen-bond donors (Lipinski definition) is 1. The van der Waals surface area contributed by atoms with E-state index in [1.165, 1.54) is 12.7 Å². The Balaban J connectivity index is 2.05. The van der Waals surface area contributed by atoms with Crippen LogP contribution in [0.4, 0.5) is 11.4 Å². The van der Waals surface area contributed by atoms with Gasteiger partial charge in [-0.15, -0.1) is 0 Å². The summed E-state index contributed by atoms with van der Waals surface area (Å²) >= 11 is 0. The maximum absolute atomic E-state index is 11.8. The van der Waals surface area contributed by atoms with Crippen LogP contribution in [-0.2, 0) is 11.2 Å². The molecule has 2 aromatic carbocycles. The lowest BCUT2D eigenvalue weighted by Crippen LogP contribution is -2.02. The predicted molar refractivity (Wildman–Crippen MR) is 96.9 cm³/mol. The minimum Gasteiger partial charge on any atom is -0.465 e. The number of nitrogens with one attached hydrogen (secondary N) is 1. The quantitative estimate of drug-likeness (QED) is 0.712. The van der Waals surface area contributed by atoms with E-state index in [2.05, 4.69) is 41.5 Å². The first-order chi connectivity index (χ1) is 11.6. The molecule has 0 aliphatic rings. The fourth-order valence-electron chi connectivity index (χ4n) is 2.69. The third kappa shape index (κ3) is 3.23. The molecule has 122 valence electrons. The molecule has 0 aliphatic carbocycles. The second kappa shape index (κ2) is 6.71. The number of methoxy groups -OCH3 is 1. The molecule has 0 unspecified atom stereocenters. The van der Waals surface area contributed by atoms with Crippen LogP contribution in [0, 0.1) is 6.92 Å². The summed E-state index contributed by atoms with van der Waals surface area (Å²) in [5.74, 6) is -0.351. The maximum Gasteiger partial charge on any atom is 0.337 e. The molecule has 1 N–H and O–H groups in total. The predicted octanol–water partition coefficient (Wildman–Crippen LogP) is 4.64. The summed E-state index contributed by atoms with van der Waals surface area (Å²) in [6, 6.07) is 15.7. The van der Waals surface area contributed by atoms with Crippen molar-refractivity contribution in [1.82, 2.24) is 4.98 Å². The van der Waals surface area contributed by atoms with Crippen molar-refractivity contribution < 1.29 is 9.53 Å². The second-order valence-corrected chi connectivity index (χ2v) is 5.71. The Hall–Kier alpha value is -2.88. The van der Waals surface area contributed by atoms with E-state index in [0.29, 0.717) is 5.56 Å². The molecule has 4 nitrogen and oxygen atoms in total. The minimum atomic E-state index is -0.351. The van der Waals surface area contributed by atoms with Gasteiger partial charge in [-0.3, -0.25) is 4.98 Å². The second-order valence-electron chi connectivity index (χ2n) is 5.71. The third-order valence-electron chi connectivity index (χ3n) is 4.00. The summed E-state index contributed by atoms with van der Waals surface area (Å²) in [6.45, 7) is 4.09. The number of rotatable bonds is 4. The Morgan fingerprint density at radius 3 is 2.54 bits per heavy atom. The van der Waals surface area contributed by atoms with Crippen LogP contribution < -0.4 is 5.32 Å². The zero-order valence-corrected chi connectivity index (χ0v) is 14.1. The van der Waals surface area contributed by atoms with Crippen molar-refractivity contribution in [3.63, 3.8) is 0 Å². The average molecular weight is 320 g/mol. The number of benzene rings is 2. The van der Waals surface area contributed by atoms with Gasteiger partial charge in [0.15, 0.2) is 0 Å². The van der Waals surface area contributed by atoms with Gasteiger partial charge < -0.3 is 10.1 Å². The molecule has 0 aliphatic heterocycles. The van der Waals surface area contributed by atoms with Crippen LogP contribution in [0.3, 0.4) is 0 Å². The highest BCUT2D eigenvalue weighted by Crippen LogP contribution is 2.28. The number of nitrogens with zero attached hydrogens (tertiary/aromatic N) is 1. The van der Waals surface area contributed by atoms with Gasteiger partial charge in [-0.05, 0) is 55.3 Å². The molecule has 4 heteroatoms. The van der Waals surface area contributed by atoms with E-state index in [9.17, 15) is 4.79 Å². The van der Waals surface area contributed by atoms with Gasteiger partial charge in [0.05, 0.1) is 18.2 Å². The molecule has 0 radical (unpaired) electrons. The number of carbonyl (C=O) groups is 1. The Morgan fingerprint density at radius 2 is 1.88 bits per heavy atom. The first kappa shape index (κ1) is 16.0. The molecule has 0 amide bonds. The highest BCUT2D eigenvalue weighted by atomic mass is 16.5. The third-order valence-corrected chi connectivity index (χ3v) is 4.00. The number of aromatic nitrogens is 1. The van der Waals surface area contributed by atoms with E-state index in [1.54, 1.807) is 6.07 Å². The van der Waals surface area contributed by atoms with E-state index in [4.69, 9.17) is 4.74 Å². The van der Waals surface area contributed by atoms with Crippen LogP contribution in [0.1, 0.15) is 28.5 Å². The standard InChI is InChI=1S/C20H20N2O2/c1-4-14-5-8-16(9-6-14)22-19-11-13(2)21-18-10-7-15(12-17(18)19)20(23)24-3/h5-12H,4H2,1-3H3,(H,21,22). The van der Waals surface area contributed by atoms with Crippen LogP contribution in [0.5, 0.6) is 0 Å². The highest BCUT2D eigenvalue weighted by molar-refractivity contribution is 5.99. The molecule has 1 aromatic heterocycles. The molecule has 0 bridgehead atoms. The molecule has 0 fully saturated rings. The van der Waals surface area contributed by atoms with E-state index in [1.807, 2.05) is 25.1 Å². The average Bonchev–Trinajstić information content (AvgIpc) is 2.61.